The lowest BCUT2D eigenvalue weighted by molar-refractivity contribution is -0.123. The SMILES string of the molecule is O=C(COc1ccc(Br)cc1)NCCc1cccc(F)c1. The molecule has 0 saturated heterocycles. The van der Waals surface area contributed by atoms with E-state index in [4.69, 9.17) is 4.74 Å². The van der Waals surface area contributed by atoms with Gasteiger partial charge in [0.15, 0.2) is 6.61 Å². The third kappa shape index (κ3) is 5.55. The molecule has 3 nitrogen and oxygen atoms in total. The molecule has 0 fully saturated rings. The summed E-state index contributed by atoms with van der Waals surface area (Å²) in [7, 11) is 0. The van der Waals surface area contributed by atoms with Crippen LogP contribution in [0.4, 0.5) is 4.39 Å². The number of nitrogens with one attached hydrogen (secondary N) is 1. The quantitative estimate of drug-likeness (QED) is 0.866. The van der Waals surface area contributed by atoms with E-state index in [9.17, 15) is 9.18 Å². The first kappa shape index (κ1) is 15.5. The Balaban J connectivity index is 1.69. The van der Waals surface area contributed by atoms with E-state index < -0.39 is 0 Å². The van der Waals surface area contributed by atoms with E-state index in [0.717, 1.165) is 10.0 Å². The molecule has 0 spiro atoms. The van der Waals surface area contributed by atoms with Crippen molar-refractivity contribution in [3.63, 3.8) is 0 Å². The zero-order valence-corrected chi connectivity index (χ0v) is 12.9. The highest BCUT2D eigenvalue weighted by atomic mass is 79.9. The van der Waals surface area contributed by atoms with Crippen LogP contribution < -0.4 is 10.1 Å². The van der Waals surface area contributed by atoms with Crippen molar-refractivity contribution in [2.24, 2.45) is 0 Å². The third-order valence-corrected chi connectivity index (χ3v) is 3.34. The van der Waals surface area contributed by atoms with Crippen LogP contribution in [0.25, 0.3) is 0 Å². The van der Waals surface area contributed by atoms with Crippen molar-refractivity contribution in [3.8, 4) is 5.75 Å². The molecule has 21 heavy (non-hydrogen) atoms. The maximum absolute atomic E-state index is 13.0. The van der Waals surface area contributed by atoms with Crippen molar-refractivity contribution in [1.82, 2.24) is 5.32 Å². The molecule has 0 aliphatic heterocycles. The second kappa shape index (κ2) is 7.78. The van der Waals surface area contributed by atoms with Gasteiger partial charge in [0.1, 0.15) is 11.6 Å². The summed E-state index contributed by atoms with van der Waals surface area (Å²) in [6.45, 7) is 0.413. The molecule has 0 unspecified atom stereocenters. The van der Waals surface area contributed by atoms with Gasteiger partial charge in [-0.2, -0.15) is 0 Å². The average molecular weight is 352 g/mol. The number of halogens is 2. The fourth-order valence-electron chi connectivity index (χ4n) is 1.77. The van der Waals surface area contributed by atoms with E-state index >= 15 is 0 Å². The molecule has 0 heterocycles. The highest BCUT2D eigenvalue weighted by molar-refractivity contribution is 9.10. The molecule has 1 amide bonds. The molecule has 0 aliphatic carbocycles. The Hall–Kier alpha value is -1.88. The van der Waals surface area contributed by atoms with Crippen LogP contribution in [0, 0.1) is 5.82 Å². The average Bonchev–Trinajstić information content (AvgIpc) is 2.47. The Labute approximate surface area is 131 Å². The van der Waals surface area contributed by atoms with Crippen LogP contribution in [0.3, 0.4) is 0 Å². The molecule has 0 aliphatic rings. The van der Waals surface area contributed by atoms with E-state index in [1.807, 2.05) is 18.2 Å². The lowest BCUT2D eigenvalue weighted by atomic mass is 10.1. The molecule has 0 aromatic heterocycles. The standard InChI is InChI=1S/C16H15BrFNO2/c17-13-4-6-15(7-5-13)21-11-16(20)19-9-8-12-2-1-3-14(18)10-12/h1-7,10H,8-9,11H2,(H,19,20). The van der Waals surface area contributed by atoms with E-state index in [1.54, 1.807) is 18.2 Å². The van der Waals surface area contributed by atoms with E-state index in [1.165, 1.54) is 12.1 Å². The Morgan fingerprint density at radius 1 is 1.19 bits per heavy atom. The fraction of sp³-hybridized carbons (Fsp3) is 0.188. The minimum Gasteiger partial charge on any atom is -0.484 e. The van der Waals surface area contributed by atoms with Gasteiger partial charge in [0.25, 0.3) is 5.91 Å². The highest BCUT2D eigenvalue weighted by Gasteiger charge is 2.03. The molecule has 110 valence electrons. The largest absolute Gasteiger partial charge is 0.484 e. The number of amides is 1. The normalized spacial score (nSPS) is 10.2. The van der Waals surface area contributed by atoms with Gasteiger partial charge in [-0.1, -0.05) is 28.1 Å². The lowest BCUT2D eigenvalue weighted by Gasteiger charge is -2.07. The first-order chi connectivity index (χ1) is 10.1. The summed E-state index contributed by atoms with van der Waals surface area (Å²) in [5.41, 5.74) is 0.851. The summed E-state index contributed by atoms with van der Waals surface area (Å²) in [4.78, 5) is 11.6. The zero-order chi connectivity index (χ0) is 15.1. The van der Waals surface area contributed by atoms with Gasteiger partial charge in [0.2, 0.25) is 0 Å². The fourth-order valence-corrected chi connectivity index (χ4v) is 2.03. The summed E-state index contributed by atoms with van der Waals surface area (Å²) in [5, 5.41) is 2.74. The Morgan fingerprint density at radius 2 is 1.95 bits per heavy atom. The maximum atomic E-state index is 13.0. The van der Waals surface area contributed by atoms with Crippen LogP contribution >= 0.6 is 15.9 Å². The molecule has 0 radical (unpaired) electrons. The zero-order valence-electron chi connectivity index (χ0n) is 11.3. The molecule has 2 aromatic rings. The van der Waals surface area contributed by atoms with Gasteiger partial charge in [-0.25, -0.2) is 4.39 Å². The van der Waals surface area contributed by atoms with Crippen molar-refractivity contribution in [1.29, 1.82) is 0 Å². The van der Waals surface area contributed by atoms with Gasteiger partial charge < -0.3 is 10.1 Å². The molecule has 5 heteroatoms. The number of ether oxygens (including phenoxy) is 1. The van der Waals surface area contributed by atoms with Crippen molar-refractivity contribution < 1.29 is 13.9 Å². The van der Waals surface area contributed by atoms with Crippen LogP contribution in [-0.2, 0) is 11.2 Å². The Kier molecular flexibility index (Phi) is 5.75. The number of carbonyl (C=O) groups excluding carboxylic acids is 1. The smallest absolute Gasteiger partial charge is 0.257 e. The van der Waals surface area contributed by atoms with E-state index in [2.05, 4.69) is 21.2 Å². The molecular formula is C16H15BrFNO2. The van der Waals surface area contributed by atoms with Crippen molar-refractivity contribution >= 4 is 21.8 Å². The predicted octanol–water partition coefficient (Wildman–Crippen LogP) is 3.33. The monoisotopic (exact) mass is 351 g/mol. The third-order valence-electron chi connectivity index (χ3n) is 2.81. The summed E-state index contributed by atoms with van der Waals surface area (Å²) >= 11 is 3.33. The Morgan fingerprint density at radius 3 is 2.67 bits per heavy atom. The van der Waals surface area contributed by atoms with Gasteiger partial charge in [-0.15, -0.1) is 0 Å². The van der Waals surface area contributed by atoms with E-state index in [-0.39, 0.29) is 18.3 Å². The molecule has 2 aromatic carbocycles. The van der Waals surface area contributed by atoms with Crippen LogP contribution in [0.15, 0.2) is 53.0 Å². The minimum absolute atomic E-state index is 0.0369. The first-order valence-electron chi connectivity index (χ1n) is 6.53. The molecule has 0 atom stereocenters. The molecule has 2 rings (SSSR count). The number of benzene rings is 2. The molecule has 0 bridgehead atoms. The number of hydrogen-bond acceptors (Lipinski definition) is 2. The Bertz CT molecular complexity index is 601. The number of carbonyl (C=O) groups is 1. The topological polar surface area (TPSA) is 38.3 Å². The maximum Gasteiger partial charge on any atom is 0.257 e. The van der Waals surface area contributed by atoms with Gasteiger partial charge in [0, 0.05) is 11.0 Å². The van der Waals surface area contributed by atoms with Gasteiger partial charge >= 0.3 is 0 Å². The van der Waals surface area contributed by atoms with Crippen LogP contribution in [0.2, 0.25) is 0 Å². The molecular weight excluding hydrogens is 337 g/mol. The lowest BCUT2D eigenvalue weighted by Crippen LogP contribution is -2.30. The number of hydrogen-bond donors (Lipinski definition) is 1. The van der Waals surface area contributed by atoms with Gasteiger partial charge in [-0.3, -0.25) is 4.79 Å². The van der Waals surface area contributed by atoms with Gasteiger partial charge in [0.05, 0.1) is 0 Å². The van der Waals surface area contributed by atoms with Crippen molar-refractivity contribution in [3.05, 3.63) is 64.4 Å². The van der Waals surface area contributed by atoms with Crippen LogP contribution in [-0.4, -0.2) is 19.1 Å². The second-order valence-electron chi connectivity index (χ2n) is 4.47. The summed E-state index contributed by atoms with van der Waals surface area (Å²) in [5.74, 6) is 0.171. The minimum atomic E-state index is -0.266. The second-order valence-corrected chi connectivity index (χ2v) is 5.39. The van der Waals surface area contributed by atoms with Gasteiger partial charge in [-0.05, 0) is 48.4 Å². The first-order valence-corrected chi connectivity index (χ1v) is 7.32. The van der Waals surface area contributed by atoms with Crippen molar-refractivity contribution in [2.45, 2.75) is 6.42 Å². The summed E-state index contributed by atoms with van der Waals surface area (Å²) in [6.07, 6.45) is 0.585. The molecule has 0 saturated carbocycles. The summed E-state index contributed by atoms with van der Waals surface area (Å²) in [6, 6.07) is 13.6. The highest BCUT2D eigenvalue weighted by Crippen LogP contribution is 2.15. The van der Waals surface area contributed by atoms with Crippen LogP contribution in [0.1, 0.15) is 5.56 Å². The van der Waals surface area contributed by atoms with Crippen molar-refractivity contribution in [2.75, 3.05) is 13.2 Å². The number of rotatable bonds is 6. The van der Waals surface area contributed by atoms with Crippen LogP contribution in [0.5, 0.6) is 5.75 Å². The van der Waals surface area contributed by atoms with E-state index in [0.29, 0.717) is 18.7 Å². The predicted molar refractivity (Wildman–Crippen MR) is 82.8 cm³/mol. The summed E-state index contributed by atoms with van der Waals surface area (Å²) < 4.78 is 19.3. The molecule has 1 N–H and O–H groups in total.